The Morgan fingerprint density at radius 1 is 1.08 bits per heavy atom. The topological polar surface area (TPSA) is 84.5 Å². The van der Waals surface area contributed by atoms with Gasteiger partial charge < -0.3 is 10.1 Å². The summed E-state index contributed by atoms with van der Waals surface area (Å²) in [7, 11) is -2.10. The second kappa shape index (κ2) is 7.88. The van der Waals surface area contributed by atoms with Crippen molar-refractivity contribution in [2.45, 2.75) is 37.8 Å². The molecule has 0 saturated heterocycles. The van der Waals surface area contributed by atoms with Gasteiger partial charge in [-0.3, -0.25) is 4.79 Å². The maximum Gasteiger partial charge on any atom is 0.251 e. The van der Waals surface area contributed by atoms with E-state index in [1.54, 1.807) is 40.0 Å². The minimum atomic E-state index is -3.69. The van der Waals surface area contributed by atoms with E-state index >= 15 is 0 Å². The first-order chi connectivity index (χ1) is 12.1. The molecule has 2 aromatic rings. The number of carbonyl (C=O) groups excluding carboxylic acids is 1. The van der Waals surface area contributed by atoms with Crippen LogP contribution in [-0.2, 0) is 16.6 Å². The first-order valence-corrected chi connectivity index (χ1v) is 9.64. The molecule has 26 heavy (non-hydrogen) atoms. The normalized spacial score (nSPS) is 11.8. The third-order valence-corrected chi connectivity index (χ3v) is 5.21. The fourth-order valence-corrected chi connectivity index (χ4v) is 3.76. The highest BCUT2D eigenvalue weighted by atomic mass is 32.2. The lowest BCUT2D eigenvalue weighted by Gasteiger charge is -2.20. The molecule has 1 amide bonds. The average Bonchev–Trinajstić information content (AvgIpc) is 2.58. The zero-order valence-corrected chi connectivity index (χ0v) is 16.2. The Hall–Kier alpha value is -2.38. The van der Waals surface area contributed by atoms with Crippen molar-refractivity contribution in [3.8, 4) is 5.75 Å². The predicted molar refractivity (Wildman–Crippen MR) is 101 cm³/mol. The van der Waals surface area contributed by atoms with Crippen LogP contribution in [0, 0.1) is 0 Å². The van der Waals surface area contributed by atoms with E-state index in [0.29, 0.717) is 6.54 Å². The van der Waals surface area contributed by atoms with E-state index in [2.05, 4.69) is 10.0 Å². The molecule has 2 aromatic carbocycles. The third-order valence-electron chi connectivity index (χ3n) is 3.46. The molecule has 0 fully saturated rings. The average molecular weight is 376 g/mol. The molecule has 7 heteroatoms. The molecule has 140 valence electrons. The Balaban J connectivity index is 2.10. The molecule has 0 aliphatic carbocycles. The van der Waals surface area contributed by atoms with Crippen molar-refractivity contribution < 1.29 is 17.9 Å². The molecule has 0 bridgehead atoms. The van der Waals surface area contributed by atoms with Crippen LogP contribution in [0.4, 0.5) is 0 Å². The summed E-state index contributed by atoms with van der Waals surface area (Å²) in [6.07, 6.45) is 0. The van der Waals surface area contributed by atoms with Gasteiger partial charge in [-0.1, -0.05) is 18.2 Å². The van der Waals surface area contributed by atoms with E-state index in [4.69, 9.17) is 4.74 Å². The maximum absolute atomic E-state index is 12.4. The molecule has 0 spiro atoms. The monoisotopic (exact) mass is 376 g/mol. The summed E-state index contributed by atoms with van der Waals surface area (Å²) in [5.74, 6) is 0.401. The number of ether oxygens (including phenoxy) is 1. The summed E-state index contributed by atoms with van der Waals surface area (Å²) >= 11 is 0. The summed E-state index contributed by atoms with van der Waals surface area (Å²) in [5.41, 5.74) is 0.596. The van der Waals surface area contributed by atoms with Gasteiger partial charge in [-0.25, -0.2) is 13.1 Å². The van der Waals surface area contributed by atoms with Crippen LogP contribution in [0.15, 0.2) is 53.4 Å². The van der Waals surface area contributed by atoms with Crippen molar-refractivity contribution in [3.05, 3.63) is 59.7 Å². The molecule has 0 radical (unpaired) electrons. The molecule has 2 N–H and O–H groups in total. The molecule has 2 rings (SSSR count). The zero-order valence-electron chi connectivity index (χ0n) is 15.4. The Morgan fingerprint density at radius 3 is 2.31 bits per heavy atom. The van der Waals surface area contributed by atoms with Crippen molar-refractivity contribution >= 4 is 15.9 Å². The molecule has 0 saturated carbocycles. The molecule has 0 atom stereocenters. The highest BCUT2D eigenvalue weighted by Gasteiger charge is 2.22. The van der Waals surface area contributed by atoms with Gasteiger partial charge in [-0.05, 0) is 56.7 Å². The Bertz CT molecular complexity index is 869. The lowest BCUT2D eigenvalue weighted by atomic mass is 10.1. The zero-order chi connectivity index (χ0) is 19.4. The summed E-state index contributed by atoms with van der Waals surface area (Å²) < 4.78 is 32.5. The van der Waals surface area contributed by atoms with Gasteiger partial charge >= 0.3 is 0 Å². The Kier molecular flexibility index (Phi) is 6.05. The number of sulfonamides is 1. The van der Waals surface area contributed by atoms with Crippen molar-refractivity contribution in [2.75, 3.05) is 7.11 Å². The number of rotatable bonds is 6. The lowest BCUT2D eigenvalue weighted by Crippen LogP contribution is -2.40. The fraction of sp³-hybridized carbons (Fsp3) is 0.316. The first kappa shape index (κ1) is 19.9. The SMILES string of the molecule is COc1ccc(CNC(=O)c2cccc(S(=O)(=O)NC(C)(C)C)c2)cc1. The molecule has 0 aliphatic rings. The number of hydrogen-bond acceptors (Lipinski definition) is 4. The van der Waals surface area contributed by atoms with Crippen molar-refractivity contribution in [1.29, 1.82) is 0 Å². The summed E-state index contributed by atoms with van der Waals surface area (Å²) in [6, 6.07) is 13.3. The van der Waals surface area contributed by atoms with Gasteiger partial charge in [0.25, 0.3) is 5.91 Å². The molecular weight excluding hydrogens is 352 g/mol. The van der Waals surface area contributed by atoms with Crippen LogP contribution in [0.1, 0.15) is 36.7 Å². The van der Waals surface area contributed by atoms with Gasteiger partial charge in [-0.2, -0.15) is 0 Å². The standard InChI is InChI=1S/C19H24N2O4S/c1-19(2,3)21-26(23,24)17-7-5-6-15(12-17)18(22)20-13-14-8-10-16(25-4)11-9-14/h5-12,21H,13H2,1-4H3,(H,20,22). The fourth-order valence-electron chi connectivity index (χ4n) is 2.29. The molecule has 0 aromatic heterocycles. The van der Waals surface area contributed by atoms with Crippen LogP contribution < -0.4 is 14.8 Å². The third kappa shape index (κ3) is 5.57. The van der Waals surface area contributed by atoms with E-state index in [9.17, 15) is 13.2 Å². The minimum Gasteiger partial charge on any atom is -0.497 e. The second-order valence-electron chi connectivity index (χ2n) is 6.91. The van der Waals surface area contributed by atoms with Crippen LogP contribution in [0.3, 0.4) is 0 Å². The van der Waals surface area contributed by atoms with Gasteiger partial charge in [0, 0.05) is 17.6 Å². The van der Waals surface area contributed by atoms with Gasteiger partial charge in [0.05, 0.1) is 12.0 Å². The van der Waals surface area contributed by atoms with Gasteiger partial charge in [0.15, 0.2) is 0 Å². The molecule has 0 unspecified atom stereocenters. The molecule has 0 heterocycles. The van der Waals surface area contributed by atoms with Gasteiger partial charge in [0.2, 0.25) is 10.0 Å². The van der Waals surface area contributed by atoms with Crippen LogP contribution in [0.5, 0.6) is 5.75 Å². The van der Waals surface area contributed by atoms with E-state index in [-0.39, 0.29) is 16.4 Å². The number of carbonyl (C=O) groups is 1. The number of hydrogen-bond donors (Lipinski definition) is 2. The highest BCUT2D eigenvalue weighted by molar-refractivity contribution is 7.89. The quantitative estimate of drug-likeness (QED) is 0.812. The van der Waals surface area contributed by atoms with Crippen LogP contribution in [-0.4, -0.2) is 27.0 Å². The van der Waals surface area contributed by atoms with Crippen molar-refractivity contribution in [3.63, 3.8) is 0 Å². The number of amides is 1. The molecule has 0 aliphatic heterocycles. The van der Waals surface area contributed by atoms with Crippen LogP contribution in [0.25, 0.3) is 0 Å². The number of benzene rings is 2. The van der Waals surface area contributed by atoms with Gasteiger partial charge in [-0.15, -0.1) is 0 Å². The van der Waals surface area contributed by atoms with Crippen molar-refractivity contribution in [1.82, 2.24) is 10.0 Å². The smallest absolute Gasteiger partial charge is 0.251 e. The van der Waals surface area contributed by atoms with E-state index < -0.39 is 15.6 Å². The van der Waals surface area contributed by atoms with E-state index in [0.717, 1.165) is 11.3 Å². The predicted octanol–water partition coefficient (Wildman–Crippen LogP) is 2.70. The van der Waals surface area contributed by atoms with Crippen LogP contribution >= 0.6 is 0 Å². The summed E-state index contributed by atoms with van der Waals surface area (Å²) in [5, 5.41) is 2.78. The number of nitrogens with one attached hydrogen (secondary N) is 2. The molecular formula is C19H24N2O4S. The largest absolute Gasteiger partial charge is 0.497 e. The minimum absolute atomic E-state index is 0.0597. The summed E-state index contributed by atoms with van der Waals surface area (Å²) in [6.45, 7) is 5.61. The highest BCUT2D eigenvalue weighted by Crippen LogP contribution is 2.15. The van der Waals surface area contributed by atoms with Crippen LogP contribution in [0.2, 0.25) is 0 Å². The van der Waals surface area contributed by atoms with Gasteiger partial charge in [0.1, 0.15) is 5.75 Å². The summed E-state index contributed by atoms with van der Waals surface area (Å²) in [4.78, 5) is 12.4. The Morgan fingerprint density at radius 2 is 1.73 bits per heavy atom. The lowest BCUT2D eigenvalue weighted by molar-refractivity contribution is 0.0950. The Labute approximate surface area is 154 Å². The maximum atomic E-state index is 12.4. The van der Waals surface area contributed by atoms with E-state index in [1.165, 1.54) is 12.1 Å². The van der Waals surface area contributed by atoms with Crippen molar-refractivity contribution in [2.24, 2.45) is 0 Å². The number of methoxy groups -OCH3 is 1. The van der Waals surface area contributed by atoms with E-state index in [1.807, 2.05) is 24.3 Å². The first-order valence-electron chi connectivity index (χ1n) is 8.16. The molecule has 6 nitrogen and oxygen atoms in total. The second-order valence-corrected chi connectivity index (χ2v) is 8.60.